The Bertz CT molecular complexity index is 201. The summed E-state index contributed by atoms with van der Waals surface area (Å²) < 4.78 is 0. The zero-order valence-electron chi connectivity index (χ0n) is 7.96. The van der Waals surface area contributed by atoms with Gasteiger partial charge in [0, 0.05) is 6.54 Å². The van der Waals surface area contributed by atoms with E-state index in [-0.39, 0.29) is 11.8 Å². The van der Waals surface area contributed by atoms with Gasteiger partial charge in [0.2, 0.25) is 5.91 Å². The van der Waals surface area contributed by atoms with Gasteiger partial charge in [-0.2, -0.15) is 0 Å². The third kappa shape index (κ3) is 1.70. The van der Waals surface area contributed by atoms with E-state index < -0.39 is 0 Å². The molecule has 1 saturated heterocycles. The standard InChI is InChI=1S/C10H18N2O/c11-10(13)9-6-12-5-4-8(9)7-2-1-3-7/h7-9,12H,1-6H2,(H2,11,13). The second-order valence-corrected chi connectivity index (χ2v) is 4.36. The molecule has 3 nitrogen and oxygen atoms in total. The molecule has 0 radical (unpaired) electrons. The van der Waals surface area contributed by atoms with Crippen molar-refractivity contribution in [3.05, 3.63) is 0 Å². The molecule has 0 aromatic carbocycles. The summed E-state index contributed by atoms with van der Waals surface area (Å²) in [5.74, 6) is 1.36. The van der Waals surface area contributed by atoms with Crippen LogP contribution in [0.4, 0.5) is 0 Å². The molecule has 2 fully saturated rings. The van der Waals surface area contributed by atoms with Gasteiger partial charge in [0.05, 0.1) is 5.92 Å². The highest BCUT2D eigenvalue weighted by molar-refractivity contribution is 5.77. The first-order valence-electron chi connectivity index (χ1n) is 5.29. The van der Waals surface area contributed by atoms with E-state index in [1.807, 2.05) is 0 Å². The summed E-state index contributed by atoms with van der Waals surface area (Å²) in [6, 6.07) is 0. The third-order valence-corrected chi connectivity index (χ3v) is 3.66. The van der Waals surface area contributed by atoms with Crippen LogP contribution in [0.15, 0.2) is 0 Å². The van der Waals surface area contributed by atoms with Crippen LogP contribution in [0.3, 0.4) is 0 Å². The van der Waals surface area contributed by atoms with Crippen LogP contribution < -0.4 is 11.1 Å². The Balaban J connectivity index is 1.99. The number of primary amides is 1. The van der Waals surface area contributed by atoms with Crippen molar-refractivity contribution in [3.63, 3.8) is 0 Å². The summed E-state index contributed by atoms with van der Waals surface area (Å²) in [6.07, 6.45) is 5.11. The molecular formula is C10H18N2O. The highest BCUT2D eigenvalue weighted by Gasteiger charge is 2.37. The van der Waals surface area contributed by atoms with Crippen molar-refractivity contribution >= 4 is 5.91 Å². The minimum atomic E-state index is -0.107. The smallest absolute Gasteiger partial charge is 0.222 e. The monoisotopic (exact) mass is 182 g/mol. The van der Waals surface area contributed by atoms with Gasteiger partial charge in [0.1, 0.15) is 0 Å². The number of carbonyl (C=O) groups excluding carboxylic acids is 1. The van der Waals surface area contributed by atoms with E-state index in [2.05, 4.69) is 5.32 Å². The Kier molecular flexibility index (Phi) is 2.54. The number of nitrogens with one attached hydrogen (secondary N) is 1. The maximum atomic E-state index is 11.2. The first kappa shape index (κ1) is 9.00. The van der Waals surface area contributed by atoms with Crippen LogP contribution in [-0.4, -0.2) is 19.0 Å². The summed E-state index contributed by atoms with van der Waals surface area (Å²) in [5, 5.41) is 3.25. The summed E-state index contributed by atoms with van der Waals surface area (Å²) in [4.78, 5) is 11.2. The molecule has 74 valence electrons. The number of nitrogens with two attached hydrogens (primary N) is 1. The fourth-order valence-corrected chi connectivity index (χ4v) is 2.62. The van der Waals surface area contributed by atoms with Crippen LogP contribution in [0.1, 0.15) is 25.7 Å². The lowest BCUT2D eigenvalue weighted by Crippen LogP contribution is -2.47. The Morgan fingerprint density at radius 2 is 2.08 bits per heavy atom. The lowest BCUT2D eigenvalue weighted by atomic mass is 9.68. The van der Waals surface area contributed by atoms with Crippen molar-refractivity contribution in [1.29, 1.82) is 0 Å². The Morgan fingerprint density at radius 3 is 2.62 bits per heavy atom. The maximum Gasteiger partial charge on any atom is 0.222 e. The minimum absolute atomic E-state index is 0.0963. The second-order valence-electron chi connectivity index (χ2n) is 4.36. The van der Waals surface area contributed by atoms with E-state index in [1.54, 1.807) is 0 Å². The van der Waals surface area contributed by atoms with Gasteiger partial charge >= 0.3 is 0 Å². The molecule has 3 heteroatoms. The molecule has 1 heterocycles. The lowest BCUT2D eigenvalue weighted by Gasteiger charge is -2.40. The topological polar surface area (TPSA) is 55.1 Å². The lowest BCUT2D eigenvalue weighted by molar-refractivity contribution is -0.125. The van der Waals surface area contributed by atoms with Gasteiger partial charge in [-0.1, -0.05) is 19.3 Å². The first-order valence-corrected chi connectivity index (χ1v) is 5.29. The molecule has 2 rings (SSSR count). The molecule has 13 heavy (non-hydrogen) atoms. The molecule has 1 aliphatic carbocycles. The quantitative estimate of drug-likeness (QED) is 0.653. The molecule has 0 bridgehead atoms. The maximum absolute atomic E-state index is 11.2. The third-order valence-electron chi connectivity index (χ3n) is 3.66. The van der Waals surface area contributed by atoms with Gasteiger partial charge in [-0.3, -0.25) is 4.79 Å². The number of carbonyl (C=O) groups is 1. The highest BCUT2D eigenvalue weighted by atomic mass is 16.1. The van der Waals surface area contributed by atoms with Crippen molar-refractivity contribution in [2.45, 2.75) is 25.7 Å². The van der Waals surface area contributed by atoms with Crippen molar-refractivity contribution < 1.29 is 4.79 Å². The van der Waals surface area contributed by atoms with Crippen LogP contribution >= 0.6 is 0 Å². The second kappa shape index (κ2) is 3.66. The van der Waals surface area contributed by atoms with Gasteiger partial charge in [-0.05, 0) is 24.8 Å². The van der Waals surface area contributed by atoms with E-state index in [9.17, 15) is 4.79 Å². The summed E-state index contributed by atoms with van der Waals surface area (Å²) in [7, 11) is 0. The van der Waals surface area contributed by atoms with Crippen molar-refractivity contribution in [1.82, 2.24) is 5.32 Å². The Hall–Kier alpha value is -0.570. The van der Waals surface area contributed by atoms with Gasteiger partial charge in [-0.15, -0.1) is 0 Å². The molecule has 1 saturated carbocycles. The van der Waals surface area contributed by atoms with Gasteiger partial charge in [0.25, 0.3) is 0 Å². The van der Waals surface area contributed by atoms with Gasteiger partial charge < -0.3 is 11.1 Å². The fraction of sp³-hybridized carbons (Fsp3) is 0.900. The van der Waals surface area contributed by atoms with E-state index in [0.717, 1.165) is 25.4 Å². The molecule has 0 aromatic rings. The molecule has 1 aliphatic heterocycles. The number of hydrogen-bond acceptors (Lipinski definition) is 2. The highest BCUT2D eigenvalue weighted by Crippen LogP contribution is 2.39. The van der Waals surface area contributed by atoms with Crippen molar-refractivity contribution in [3.8, 4) is 0 Å². The zero-order chi connectivity index (χ0) is 9.26. The molecule has 2 unspecified atom stereocenters. The van der Waals surface area contributed by atoms with Crippen molar-refractivity contribution in [2.24, 2.45) is 23.5 Å². The molecule has 2 aliphatic rings. The van der Waals surface area contributed by atoms with Crippen LogP contribution in [0, 0.1) is 17.8 Å². The first-order chi connectivity index (χ1) is 6.29. The Labute approximate surface area is 79.1 Å². The van der Waals surface area contributed by atoms with Crippen LogP contribution in [0.2, 0.25) is 0 Å². The molecule has 0 aromatic heterocycles. The summed E-state index contributed by atoms with van der Waals surface area (Å²) in [6.45, 7) is 1.86. The van der Waals surface area contributed by atoms with Crippen molar-refractivity contribution in [2.75, 3.05) is 13.1 Å². The van der Waals surface area contributed by atoms with Gasteiger partial charge in [0.15, 0.2) is 0 Å². The predicted octanol–water partition coefficient (Wildman–Crippen LogP) is 0.497. The number of rotatable bonds is 2. The average molecular weight is 182 g/mol. The van der Waals surface area contributed by atoms with E-state index in [1.165, 1.54) is 19.3 Å². The SMILES string of the molecule is NC(=O)C1CNCCC1C1CCC1. The van der Waals surface area contributed by atoms with Crippen LogP contribution in [0.25, 0.3) is 0 Å². The summed E-state index contributed by atoms with van der Waals surface area (Å²) >= 11 is 0. The van der Waals surface area contributed by atoms with E-state index >= 15 is 0 Å². The van der Waals surface area contributed by atoms with Crippen LogP contribution in [-0.2, 0) is 4.79 Å². The van der Waals surface area contributed by atoms with Crippen LogP contribution in [0.5, 0.6) is 0 Å². The molecule has 1 amide bonds. The Morgan fingerprint density at radius 1 is 1.31 bits per heavy atom. The van der Waals surface area contributed by atoms with Gasteiger partial charge in [-0.25, -0.2) is 0 Å². The molecule has 3 N–H and O–H groups in total. The summed E-state index contributed by atoms with van der Waals surface area (Å²) in [5.41, 5.74) is 5.40. The van der Waals surface area contributed by atoms with E-state index in [0.29, 0.717) is 5.92 Å². The number of hydrogen-bond donors (Lipinski definition) is 2. The average Bonchev–Trinajstić information content (AvgIpc) is 2.02. The molecule has 2 atom stereocenters. The number of amides is 1. The molecule has 0 spiro atoms. The fourth-order valence-electron chi connectivity index (χ4n) is 2.62. The predicted molar refractivity (Wildman–Crippen MR) is 51.0 cm³/mol. The van der Waals surface area contributed by atoms with E-state index in [4.69, 9.17) is 5.73 Å². The minimum Gasteiger partial charge on any atom is -0.369 e. The molecular weight excluding hydrogens is 164 g/mol. The number of piperidine rings is 1. The normalized spacial score (nSPS) is 35.4. The largest absolute Gasteiger partial charge is 0.369 e. The zero-order valence-corrected chi connectivity index (χ0v) is 7.96.